The highest BCUT2D eigenvalue weighted by Crippen LogP contribution is 2.15. The number of morpholine rings is 1. The summed E-state index contributed by atoms with van der Waals surface area (Å²) in [5.74, 6) is -0.163. The molecule has 0 amide bonds. The van der Waals surface area contributed by atoms with Gasteiger partial charge in [-0.25, -0.2) is 8.78 Å². The predicted molar refractivity (Wildman–Crippen MR) is 95.9 cm³/mol. The molecule has 2 N–H and O–H groups in total. The van der Waals surface area contributed by atoms with Crippen LogP contribution in [0.25, 0.3) is 0 Å². The van der Waals surface area contributed by atoms with Gasteiger partial charge in [-0.1, -0.05) is 0 Å². The molecule has 1 aromatic carbocycles. The molecule has 1 aliphatic heterocycles. The summed E-state index contributed by atoms with van der Waals surface area (Å²) in [7, 11) is 1.69. The molecule has 1 aromatic rings. The molecular weight excluding hydrogens is 326 g/mol. The fraction of sp³-hybridized carbons (Fsp3) is 0.611. The van der Waals surface area contributed by atoms with Crippen molar-refractivity contribution in [2.24, 2.45) is 4.99 Å². The zero-order valence-corrected chi connectivity index (χ0v) is 15.2. The van der Waals surface area contributed by atoms with Crippen LogP contribution in [0.15, 0.2) is 23.2 Å². The number of halogens is 2. The Morgan fingerprint density at radius 3 is 2.64 bits per heavy atom. The molecule has 0 spiro atoms. The van der Waals surface area contributed by atoms with Crippen molar-refractivity contribution in [3.05, 3.63) is 35.4 Å². The molecule has 0 bridgehead atoms. The number of hydrogen-bond donors (Lipinski definition) is 2. The molecule has 1 saturated heterocycles. The van der Waals surface area contributed by atoms with Crippen LogP contribution in [0.1, 0.15) is 19.4 Å². The predicted octanol–water partition coefficient (Wildman–Crippen LogP) is 1.78. The first-order chi connectivity index (χ1) is 11.9. The highest BCUT2D eigenvalue weighted by Gasteiger charge is 2.28. The number of nitrogens with one attached hydrogen (secondary N) is 2. The van der Waals surface area contributed by atoms with Gasteiger partial charge in [0, 0.05) is 38.8 Å². The second kappa shape index (κ2) is 9.10. The lowest BCUT2D eigenvalue weighted by atomic mass is 10.0. The minimum Gasteiger partial charge on any atom is -0.379 e. The van der Waals surface area contributed by atoms with Crippen LogP contribution in [-0.2, 0) is 11.2 Å². The van der Waals surface area contributed by atoms with Gasteiger partial charge in [-0.05, 0) is 44.0 Å². The van der Waals surface area contributed by atoms with Gasteiger partial charge in [0.25, 0.3) is 0 Å². The number of ether oxygens (including phenoxy) is 1. The van der Waals surface area contributed by atoms with Crippen LogP contribution in [0.5, 0.6) is 0 Å². The van der Waals surface area contributed by atoms with Gasteiger partial charge in [0.15, 0.2) is 5.96 Å². The topological polar surface area (TPSA) is 48.9 Å². The normalized spacial score (nSPS) is 16.8. The average Bonchev–Trinajstić information content (AvgIpc) is 2.61. The molecule has 1 aliphatic rings. The first-order valence-electron chi connectivity index (χ1n) is 8.63. The molecule has 0 saturated carbocycles. The van der Waals surface area contributed by atoms with Crippen LogP contribution in [0, 0.1) is 11.6 Å². The second-order valence-corrected chi connectivity index (χ2v) is 6.75. The Balaban J connectivity index is 1.79. The number of aliphatic imine (C=N–C) groups is 1. The summed E-state index contributed by atoms with van der Waals surface area (Å²) < 4.78 is 32.2. The monoisotopic (exact) mass is 354 g/mol. The van der Waals surface area contributed by atoms with E-state index in [-0.39, 0.29) is 11.4 Å². The summed E-state index contributed by atoms with van der Waals surface area (Å²) >= 11 is 0. The number of benzene rings is 1. The zero-order chi connectivity index (χ0) is 18.3. The highest BCUT2D eigenvalue weighted by molar-refractivity contribution is 5.79. The maximum Gasteiger partial charge on any atom is 0.191 e. The minimum atomic E-state index is -0.425. The van der Waals surface area contributed by atoms with E-state index in [1.54, 1.807) is 7.05 Å². The van der Waals surface area contributed by atoms with E-state index < -0.39 is 5.82 Å². The van der Waals surface area contributed by atoms with Gasteiger partial charge in [-0.2, -0.15) is 0 Å². The van der Waals surface area contributed by atoms with Crippen molar-refractivity contribution >= 4 is 5.96 Å². The Morgan fingerprint density at radius 2 is 1.96 bits per heavy atom. The van der Waals surface area contributed by atoms with Crippen molar-refractivity contribution < 1.29 is 13.5 Å². The third-order valence-electron chi connectivity index (χ3n) is 4.47. The van der Waals surface area contributed by atoms with Crippen molar-refractivity contribution in [2.45, 2.75) is 25.8 Å². The minimum absolute atomic E-state index is 0.0317. The Morgan fingerprint density at radius 1 is 1.24 bits per heavy atom. The third kappa shape index (κ3) is 5.93. The molecule has 0 unspecified atom stereocenters. The highest BCUT2D eigenvalue weighted by atomic mass is 19.1. The van der Waals surface area contributed by atoms with Crippen LogP contribution >= 0.6 is 0 Å². The van der Waals surface area contributed by atoms with Gasteiger partial charge in [0.1, 0.15) is 11.6 Å². The van der Waals surface area contributed by atoms with E-state index >= 15 is 0 Å². The first kappa shape index (κ1) is 19.6. The van der Waals surface area contributed by atoms with Gasteiger partial charge < -0.3 is 15.4 Å². The Kier molecular flexibility index (Phi) is 7.13. The summed E-state index contributed by atoms with van der Waals surface area (Å²) in [6.07, 6.45) is 0.386. The lowest BCUT2D eigenvalue weighted by Gasteiger charge is -2.41. The third-order valence-corrected chi connectivity index (χ3v) is 4.47. The Labute approximate surface area is 148 Å². The first-order valence-corrected chi connectivity index (χ1v) is 8.63. The van der Waals surface area contributed by atoms with Gasteiger partial charge >= 0.3 is 0 Å². The summed E-state index contributed by atoms with van der Waals surface area (Å²) in [6.45, 7) is 8.91. The van der Waals surface area contributed by atoms with E-state index in [0.29, 0.717) is 24.5 Å². The molecule has 1 heterocycles. The van der Waals surface area contributed by atoms with E-state index in [0.717, 1.165) is 45.0 Å². The van der Waals surface area contributed by atoms with E-state index in [9.17, 15) is 8.78 Å². The van der Waals surface area contributed by atoms with Gasteiger partial charge in [0.05, 0.1) is 13.2 Å². The summed E-state index contributed by atoms with van der Waals surface area (Å²) in [5, 5.41) is 6.45. The number of nitrogens with zero attached hydrogens (tertiary/aromatic N) is 2. The fourth-order valence-electron chi connectivity index (χ4n) is 2.85. The molecular formula is C18H28F2N4O. The number of guanidine groups is 1. The van der Waals surface area contributed by atoms with E-state index in [1.165, 1.54) is 6.07 Å². The maximum atomic E-state index is 13.6. The van der Waals surface area contributed by atoms with Crippen molar-refractivity contribution in [1.29, 1.82) is 0 Å². The Bertz CT molecular complexity index is 586. The maximum absolute atomic E-state index is 13.6. The number of rotatable bonds is 6. The largest absolute Gasteiger partial charge is 0.379 e. The van der Waals surface area contributed by atoms with Crippen molar-refractivity contribution in [3.63, 3.8) is 0 Å². The second-order valence-electron chi connectivity index (χ2n) is 6.75. The number of hydrogen-bond acceptors (Lipinski definition) is 3. The Hall–Kier alpha value is -1.73. The molecule has 0 atom stereocenters. The van der Waals surface area contributed by atoms with Crippen molar-refractivity contribution in [1.82, 2.24) is 15.5 Å². The van der Waals surface area contributed by atoms with Crippen LogP contribution in [0.2, 0.25) is 0 Å². The standard InChI is InChI=1S/C18H28F2N4O/c1-18(2,24-8-10-25-11-9-24)13-23-17(21-3)22-7-6-14-12-15(19)4-5-16(14)20/h4-5,12H,6-11,13H2,1-3H3,(H2,21,22,23). The molecule has 0 aromatic heterocycles. The average molecular weight is 354 g/mol. The molecule has 25 heavy (non-hydrogen) atoms. The molecule has 2 rings (SSSR count). The smallest absolute Gasteiger partial charge is 0.191 e. The molecule has 5 nitrogen and oxygen atoms in total. The molecule has 1 fully saturated rings. The zero-order valence-electron chi connectivity index (χ0n) is 15.2. The van der Waals surface area contributed by atoms with Crippen molar-refractivity contribution in [3.8, 4) is 0 Å². The van der Waals surface area contributed by atoms with E-state index in [2.05, 4.69) is 34.4 Å². The van der Waals surface area contributed by atoms with Crippen molar-refractivity contribution in [2.75, 3.05) is 46.4 Å². The van der Waals surface area contributed by atoms with Gasteiger partial charge in [0.2, 0.25) is 0 Å². The SMILES string of the molecule is CN=C(NCCc1cc(F)ccc1F)NCC(C)(C)N1CCOCC1. The quantitative estimate of drug-likeness (QED) is 0.604. The van der Waals surface area contributed by atoms with Gasteiger partial charge in [-0.15, -0.1) is 0 Å². The lowest BCUT2D eigenvalue weighted by molar-refractivity contribution is -0.00833. The fourth-order valence-corrected chi connectivity index (χ4v) is 2.85. The van der Waals surface area contributed by atoms with E-state index in [4.69, 9.17) is 4.74 Å². The molecule has 140 valence electrons. The summed E-state index contributed by atoms with van der Waals surface area (Å²) in [5.41, 5.74) is 0.326. The summed E-state index contributed by atoms with van der Waals surface area (Å²) in [6, 6.07) is 3.51. The lowest BCUT2D eigenvalue weighted by Crippen LogP contribution is -2.56. The van der Waals surface area contributed by atoms with Crippen LogP contribution in [0.3, 0.4) is 0 Å². The van der Waals surface area contributed by atoms with Crippen LogP contribution < -0.4 is 10.6 Å². The summed E-state index contributed by atoms with van der Waals surface area (Å²) in [4.78, 5) is 6.58. The molecule has 0 aliphatic carbocycles. The molecule has 0 radical (unpaired) electrons. The molecule has 7 heteroatoms. The van der Waals surface area contributed by atoms with Gasteiger partial charge in [-0.3, -0.25) is 9.89 Å². The van der Waals surface area contributed by atoms with E-state index in [1.807, 2.05) is 0 Å². The van der Waals surface area contributed by atoms with Crippen LogP contribution in [0.4, 0.5) is 8.78 Å². The van der Waals surface area contributed by atoms with Crippen LogP contribution in [-0.4, -0.2) is 62.8 Å².